The number of aryl methyl sites for hydroxylation is 2. The molecule has 2 heterocycles. The Morgan fingerprint density at radius 3 is 2.17 bits per heavy atom. The molecule has 0 fully saturated rings. The molecule has 9 heteroatoms. The van der Waals surface area contributed by atoms with E-state index in [-0.39, 0.29) is 0 Å². The summed E-state index contributed by atoms with van der Waals surface area (Å²) in [5, 5.41) is 13.6. The Kier molecular flexibility index (Phi) is 10.8. The summed E-state index contributed by atoms with van der Waals surface area (Å²) in [5.41, 5.74) is 6.00. The molecule has 0 spiro atoms. The average molecular weight is 622 g/mol. The van der Waals surface area contributed by atoms with Gasteiger partial charge in [0, 0.05) is 48.0 Å². The maximum absolute atomic E-state index is 8.97. The molecule has 0 aliphatic carbocycles. The van der Waals surface area contributed by atoms with Crippen molar-refractivity contribution in [2.45, 2.75) is 65.0 Å². The van der Waals surface area contributed by atoms with Crippen LogP contribution in [0.1, 0.15) is 61.5 Å². The van der Waals surface area contributed by atoms with E-state index >= 15 is 0 Å². The summed E-state index contributed by atoms with van der Waals surface area (Å²) < 4.78 is 24.7. The highest BCUT2D eigenvalue weighted by atomic mass is 16.5. The highest BCUT2D eigenvalue weighted by Gasteiger charge is 2.21. The van der Waals surface area contributed by atoms with Crippen molar-refractivity contribution in [3.8, 4) is 29.1 Å². The van der Waals surface area contributed by atoms with Crippen LogP contribution >= 0.6 is 0 Å². The number of hydrogen-bond acceptors (Lipinski definition) is 8. The maximum Gasteiger partial charge on any atom is 0.155 e. The average Bonchev–Trinajstić information content (AvgIpc) is 3.46. The fourth-order valence-electron chi connectivity index (χ4n) is 5.82. The van der Waals surface area contributed by atoms with Crippen LogP contribution in [0.3, 0.4) is 0 Å². The van der Waals surface area contributed by atoms with E-state index in [2.05, 4.69) is 47.1 Å². The predicted molar refractivity (Wildman–Crippen MR) is 182 cm³/mol. The first-order chi connectivity index (χ1) is 22.5. The van der Waals surface area contributed by atoms with Gasteiger partial charge in [0.2, 0.25) is 0 Å². The number of unbranched alkanes of at least 4 members (excludes halogenated alkanes) is 3. The first-order valence-electron chi connectivity index (χ1n) is 15.9. The van der Waals surface area contributed by atoms with Crippen molar-refractivity contribution in [3.05, 3.63) is 77.1 Å². The van der Waals surface area contributed by atoms with Crippen LogP contribution in [0, 0.1) is 11.3 Å². The van der Waals surface area contributed by atoms with Crippen molar-refractivity contribution in [3.63, 3.8) is 0 Å². The molecule has 0 aliphatic rings. The molecule has 9 nitrogen and oxygen atoms in total. The van der Waals surface area contributed by atoms with Crippen molar-refractivity contribution in [2.24, 2.45) is 0 Å². The Labute approximate surface area is 271 Å². The molecule has 0 unspecified atom stereocenters. The van der Waals surface area contributed by atoms with Crippen LogP contribution in [0.5, 0.6) is 23.0 Å². The summed E-state index contributed by atoms with van der Waals surface area (Å²) in [6.45, 7) is 3.28. The minimum absolute atomic E-state index is 0.498. The minimum Gasteiger partial charge on any atom is -0.497 e. The van der Waals surface area contributed by atoms with E-state index in [4.69, 9.17) is 34.2 Å². The van der Waals surface area contributed by atoms with Crippen molar-refractivity contribution in [2.75, 3.05) is 33.8 Å². The standard InChI is InChI=1S/C37H43N5O4/c1-6-7-12-34-41-35-36(42(34)24-27-15-17-29(44-3)22-33(27)46-5)30-18-13-25(11-9-8-10-19-38)20-31(30)40-37(35)39-23-26-14-16-28(43-2)21-32(26)45-4/h13-18,20-22H,6-12,23-24H2,1-5H3,(H,39,40). The number of anilines is 1. The molecule has 46 heavy (non-hydrogen) atoms. The van der Waals surface area contributed by atoms with E-state index in [0.29, 0.717) is 19.5 Å². The van der Waals surface area contributed by atoms with E-state index in [9.17, 15) is 0 Å². The molecular formula is C37H43N5O4. The second-order valence-electron chi connectivity index (χ2n) is 11.3. The van der Waals surface area contributed by atoms with E-state index in [1.165, 1.54) is 5.56 Å². The number of ether oxygens (including phenoxy) is 4. The number of nitrogens with one attached hydrogen (secondary N) is 1. The van der Waals surface area contributed by atoms with Crippen molar-refractivity contribution >= 4 is 27.8 Å². The quantitative estimate of drug-likeness (QED) is 0.111. The van der Waals surface area contributed by atoms with Crippen molar-refractivity contribution in [1.29, 1.82) is 5.26 Å². The Hall–Kier alpha value is -4.97. The summed E-state index contributed by atoms with van der Waals surface area (Å²) in [4.78, 5) is 10.4. The third-order valence-corrected chi connectivity index (χ3v) is 8.34. The van der Waals surface area contributed by atoms with Crippen LogP contribution in [0.15, 0.2) is 54.6 Å². The number of nitriles is 1. The molecule has 2 aromatic heterocycles. The number of imidazole rings is 1. The van der Waals surface area contributed by atoms with Crippen LogP contribution in [0.4, 0.5) is 5.82 Å². The molecule has 5 aromatic rings. The molecule has 1 N–H and O–H groups in total. The van der Waals surface area contributed by atoms with Gasteiger partial charge in [-0.15, -0.1) is 0 Å². The van der Waals surface area contributed by atoms with Gasteiger partial charge in [-0.2, -0.15) is 5.26 Å². The van der Waals surface area contributed by atoms with Gasteiger partial charge in [-0.3, -0.25) is 0 Å². The van der Waals surface area contributed by atoms with Gasteiger partial charge in [0.05, 0.1) is 52.1 Å². The van der Waals surface area contributed by atoms with E-state index in [0.717, 1.165) is 106 Å². The lowest BCUT2D eigenvalue weighted by Gasteiger charge is -2.16. The van der Waals surface area contributed by atoms with Crippen LogP contribution in [0.2, 0.25) is 0 Å². The molecule has 0 saturated heterocycles. The van der Waals surface area contributed by atoms with Gasteiger partial charge in [-0.05, 0) is 61.6 Å². The van der Waals surface area contributed by atoms with Gasteiger partial charge < -0.3 is 28.8 Å². The zero-order valence-electron chi connectivity index (χ0n) is 27.5. The molecule has 240 valence electrons. The number of nitrogens with zero attached hydrogens (tertiary/aromatic N) is 4. The van der Waals surface area contributed by atoms with Crippen LogP contribution in [-0.2, 0) is 25.9 Å². The maximum atomic E-state index is 8.97. The highest BCUT2D eigenvalue weighted by Crippen LogP contribution is 2.35. The molecule has 0 saturated carbocycles. The lowest BCUT2D eigenvalue weighted by molar-refractivity contribution is 0.390. The zero-order valence-corrected chi connectivity index (χ0v) is 27.5. The molecular weight excluding hydrogens is 578 g/mol. The van der Waals surface area contributed by atoms with E-state index < -0.39 is 0 Å². The minimum atomic E-state index is 0.498. The Balaban J connectivity index is 1.65. The van der Waals surface area contributed by atoms with Gasteiger partial charge >= 0.3 is 0 Å². The highest BCUT2D eigenvalue weighted by molar-refractivity contribution is 6.07. The zero-order chi connectivity index (χ0) is 32.5. The number of fused-ring (bicyclic) bond motifs is 3. The third-order valence-electron chi connectivity index (χ3n) is 8.34. The number of rotatable bonds is 16. The molecule has 5 rings (SSSR count). The number of pyridine rings is 1. The largest absolute Gasteiger partial charge is 0.497 e. The lowest BCUT2D eigenvalue weighted by atomic mass is 10.0. The molecule has 0 aliphatic heterocycles. The predicted octanol–water partition coefficient (Wildman–Crippen LogP) is 7.86. The van der Waals surface area contributed by atoms with Crippen LogP contribution in [-0.4, -0.2) is 43.0 Å². The van der Waals surface area contributed by atoms with Crippen LogP contribution < -0.4 is 24.3 Å². The molecule has 0 radical (unpaired) electrons. The van der Waals surface area contributed by atoms with E-state index in [1.807, 2.05) is 30.3 Å². The number of methoxy groups -OCH3 is 4. The second kappa shape index (κ2) is 15.3. The summed E-state index contributed by atoms with van der Waals surface area (Å²) in [6.07, 6.45) is 6.23. The fourth-order valence-corrected chi connectivity index (χ4v) is 5.82. The number of benzene rings is 3. The number of hydrogen-bond donors (Lipinski definition) is 1. The lowest BCUT2D eigenvalue weighted by Crippen LogP contribution is -2.08. The first-order valence-corrected chi connectivity index (χ1v) is 15.9. The smallest absolute Gasteiger partial charge is 0.155 e. The van der Waals surface area contributed by atoms with Gasteiger partial charge in [0.15, 0.2) is 5.82 Å². The molecule has 3 aromatic carbocycles. The molecule has 0 amide bonds. The normalized spacial score (nSPS) is 11.0. The van der Waals surface area contributed by atoms with E-state index in [1.54, 1.807) is 28.4 Å². The van der Waals surface area contributed by atoms with Gasteiger partial charge in [-0.25, -0.2) is 9.97 Å². The van der Waals surface area contributed by atoms with Crippen molar-refractivity contribution < 1.29 is 18.9 Å². The van der Waals surface area contributed by atoms with Gasteiger partial charge in [0.1, 0.15) is 34.3 Å². The Morgan fingerprint density at radius 1 is 0.783 bits per heavy atom. The molecule has 0 bridgehead atoms. The Bertz CT molecular complexity index is 1840. The van der Waals surface area contributed by atoms with Gasteiger partial charge in [-0.1, -0.05) is 25.5 Å². The monoisotopic (exact) mass is 621 g/mol. The summed E-state index contributed by atoms with van der Waals surface area (Å²) in [5.74, 6) is 4.73. The SMILES string of the molecule is CCCCc1nc2c(NCc3ccc(OC)cc3OC)nc3cc(CCCCC#N)ccc3c2n1Cc1ccc(OC)cc1OC. The summed E-state index contributed by atoms with van der Waals surface area (Å²) >= 11 is 0. The van der Waals surface area contributed by atoms with Crippen LogP contribution in [0.25, 0.3) is 21.9 Å². The molecule has 0 atom stereocenters. The fraction of sp³-hybridized carbons (Fsp3) is 0.378. The third kappa shape index (κ3) is 7.12. The number of aromatic nitrogens is 3. The summed E-state index contributed by atoms with van der Waals surface area (Å²) in [6, 6.07) is 20.6. The Morgan fingerprint density at radius 2 is 1.50 bits per heavy atom. The van der Waals surface area contributed by atoms with Crippen molar-refractivity contribution in [1.82, 2.24) is 14.5 Å². The van der Waals surface area contributed by atoms with Gasteiger partial charge in [0.25, 0.3) is 0 Å². The second-order valence-corrected chi connectivity index (χ2v) is 11.3. The summed E-state index contributed by atoms with van der Waals surface area (Å²) in [7, 11) is 6.66. The first kappa shape index (κ1) is 32.4. The topological polar surface area (TPSA) is 103 Å².